The highest BCUT2D eigenvalue weighted by atomic mass is 16.5. The molecule has 0 aliphatic carbocycles. The Kier molecular flexibility index (Phi) is 5.59. The number of rotatable bonds is 6. The smallest absolute Gasteiger partial charge is 0.234 e. The van der Waals surface area contributed by atoms with Crippen LogP contribution in [0.1, 0.15) is 18.9 Å². The van der Waals surface area contributed by atoms with Crippen molar-refractivity contribution < 1.29 is 9.53 Å². The fourth-order valence-corrected chi connectivity index (χ4v) is 2.68. The van der Waals surface area contributed by atoms with Crippen LogP contribution >= 0.6 is 0 Å². The zero-order valence-corrected chi connectivity index (χ0v) is 12.8. The molecule has 2 rings (SSSR count). The van der Waals surface area contributed by atoms with E-state index in [0.29, 0.717) is 19.0 Å². The predicted molar refractivity (Wildman–Crippen MR) is 83.0 cm³/mol. The van der Waals surface area contributed by atoms with Crippen molar-refractivity contribution in [1.29, 1.82) is 0 Å². The van der Waals surface area contributed by atoms with Crippen LogP contribution in [0.4, 0.5) is 0 Å². The predicted octanol–water partition coefficient (Wildman–Crippen LogP) is 0.981. The molecule has 1 aromatic carbocycles. The first-order valence-corrected chi connectivity index (χ1v) is 7.46. The third-order valence-corrected chi connectivity index (χ3v) is 4.04. The molecule has 1 aliphatic heterocycles. The average molecular weight is 291 g/mol. The van der Waals surface area contributed by atoms with E-state index in [0.717, 1.165) is 30.8 Å². The number of nitrogens with zero attached hydrogens (tertiary/aromatic N) is 1. The minimum Gasteiger partial charge on any atom is -0.497 e. The first kappa shape index (κ1) is 15.8. The van der Waals surface area contributed by atoms with Gasteiger partial charge in [-0.2, -0.15) is 0 Å². The third-order valence-electron chi connectivity index (χ3n) is 4.04. The van der Waals surface area contributed by atoms with Crippen LogP contribution in [-0.4, -0.2) is 43.6 Å². The molecule has 1 heterocycles. The molecule has 0 saturated carbocycles. The summed E-state index contributed by atoms with van der Waals surface area (Å²) < 4.78 is 5.17. The summed E-state index contributed by atoms with van der Waals surface area (Å²) in [5.41, 5.74) is 6.95. The Labute approximate surface area is 126 Å². The highest BCUT2D eigenvalue weighted by molar-refractivity contribution is 5.78. The van der Waals surface area contributed by atoms with Gasteiger partial charge in [-0.3, -0.25) is 9.69 Å². The van der Waals surface area contributed by atoms with Crippen LogP contribution in [-0.2, 0) is 11.3 Å². The molecule has 0 radical (unpaired) electrons. The second-order valence-corrected chi connectivity index (χ2v) is 5.77. The van der Waals surface area contributed by atoms with Crippen LogP contribution in [0.2, 0.25) is 0 Å². The molecule has 2 unspecified atom stereocenters. The highest BCUT2D eigenvalue weighted by Crippen LogP contribution is 2.18. The molecule has 5 heteroatoms. The highest BCUT2D eigenvalue weighted by Gasteiger charge is 2.26. The maximum absolute atomic E-state index is 12.0. The molecule has 0 aromatic heterocycles. The van der Waals surface area contributed by atoms with Crippen molar-refractivity contribution in [3.05, 3.63) is 29.8 Å². The Morgan fingerprint density at radius 1 is 1.57 bits per heavy atom. The van der Waals surface area contributed by atoms with Gasteiger partial charge in [0.25, 0.3) is 0 Å². The van der Waals surface area contributed by atoms with Gasteiger partial charge < -0.3 is 15.8 Å². The van der Waals surface area contributed by atoms with E-state index in [1.807, 2.05) is 31.2 Å². The van der Waals surface area contributed by atoms with E-state index >= 15 is 0 Å². The minimum absolute atomic E-state index is 0.0585. The number of benzene rings is 1. The van der Waals surface area contributed by atoms with E-state index < -0.39 is 0 Å². The van der Waals surface area contributed by atoms with E-state index in [1.165, 1.54) is 0 Å². The summed E-state index contributed by atoms with van der Waals surface area (Å²) in [5, 5.41) is 2.95. The Morgan fingerprint density at radius 2 is 2.38 bits per heavy atom. The number of nitrogens with two attached hydrogens (primary N) is 1. The van der Waals surface area contributed by atoms with Gasteiger partial charge in [0.2, 0.25) is 5.91 Å². The lowest BCUT2D eigenvalue weighted by Gasteiger charge is -2.17. The van der Waals surface area contributed by atoms with Gasteiger partial charge >= 0.3 is 0 Å². The molecule has 1 aromatic rings. The van der Waals surface area contributed by atoms with E-state index in [4.69, 9.17) is 10.5 Å². The molecule has 5 nitrogen and oxygen atoms in total. The Balaban J connectivity index is 1.75. The Hall–Kier alpha value is -1.59. The summed E-state index contributed by atoms with van der Waals surface area (Å²) in [6.45, 7) is 4.90. The van der Waals surface area contributed by atoms with Crippen molar-refractivity contribution in [2.45, 2.75) is 25.9 Å². The summed E-state index contributed by atoms with van der Waals surface area (Å²) in [5.74, 6) is 1.38. The van der Waals surface area contributed by atoms with Gasteiger partial charge in [0.15, 0.2) is 0 Å². The van der Waals surface area contributed by atoms with Crippen LogP contribution in [0.3, 0.4) is 0 Å². The van der Waals surface area contributed by atoms with Crippen LogP contribution in [0.25, 0.3) is 0 Å². The largest absolute Gasteiger partial charge is 0.497 e. The Bertz CT molecular complexity index is 476. The number of nitrogens with one attached hydrogen (secondary N) is 1. The van der Waals surface area contributed by atoms with E-state index in [1.54, 1.807) is 7.11 Å². The lowest BCUT2D eigenvalue weighted by atomic mass is 10.0. The maximum Gasteiger partial charge on any atom is 0.234 e. The first-order valence-electron chi connectivity index (χ1n) is 7.46. The summed E-state index contributed by atoms with van der Waals surface area (Å²) in [6, 6.07) is 7.93. The van der Waals surface area contributed by atoms with Gasteiger partial charge in [-0.25, -0.2) is 0 Å². The second-order valence-electron chi connectivity index (χ2n) is 5.77. The van der Waals surface area contributed by atoms with Crippen molar-refractivity contribution in [2.75, 3.05) is 26.7 Å². The summed E-state index contributed by atoms with van der Waals surface area (Å²) in [6.07, 6.45) is 1.08. The molecule has 1 amide bonds. The second kappa shape index (κ2) is 7.43. The van der Waals surface area contributed by atoms with Gasteiger partial charge in [-0.15, -0.1) is 0 Å². The summed E-state index contributed by atoms with van der Waals surface area (Å²) >= 11 is 0. The van der Waals surface area contributed by atoms with Crippen molar-refractivity contribution in [2.24, 2.45) is 11.7 Å². The van der Waals surface area contributed by atoms with Gasteiger partial charge in [-0.1, -0.05) is 12.1 Å². The molecule has 0 spiro atoms. The standard InChI is InChI=1S/C16H25N3O2/c1-12(17)14-6-7-19(10-14)11-16(20)18-9-13-4-3-5-15(8-13)21-2/h3-5,8,12,14H,6-7,9-11,17H2,1-2H3,(H,18,20). The van der Waals surface area contributed by atoms with Crippen LogP contribution in [0, 0.1) is 5.92 Å². The number of carbonyl (C=O) groups excluding carboxylic acids is 1. The van der Waals surface area contributed by atoms with Gasteiger partial charge in [-0.05, 0) is 43.5 Å². The SMILES string of the molecule is COc1cccc(CNC(=O)CN2CCC(C(C)N)C2)c1. The minimum atomic E-state index is 0.0585. The molecule has 0 bridgehead atoms. The number of ether oxygens (including phenoxy) is 1. The van der Waals surface area contributed by atoms with Crippen LogP contribution < -0.4 is 15.8 Å². The van der Waals surface area contributed by atoms with Gasteiger partial charge in [0.05, 0.1) is 13.7 Å². The fourth-order valence-electron chi connectivity index (χ4n) is 2.68. The summed E-state index contributed by atoms with van der Waals surface area (Å²) in [7, 11) is 1.64. The molecule has 2 atom stereocenters. The lowest BCUT2D eigenvalue weighted by molar-refractivity contribution is -0.122. The van der Waals surface area contributed by atoms with Crippen molar-refractivity contribution in [1.82, 2.24) is 10.2 Å². The molecule has 1 saturated heterocycles. The molecule has 3 N–H and O–H groups in total. The Morgan fingerprint density at radius 3 is 3.05 bits per heavy atom. The fraction of sp³-hybridized carbons (Fsp3) is 0.562. The van der Waals surface area contributed by atoms with Crippen LogP contribution in [0.5, 0.6) is 5.75 Å². The number of carbonyl (C=O) groups is 1. The van der Waals surface area contributed by atoms with Crippen molar-refractivity contribution >= 4 is 5.91 Å². The number of hydrogen-bond donors (Lipinski definition) is 2. The zero-order valence-electron chi connectivity index (χ0n) is 12.8. The molecule has 21 heavy (non-hydrogen) atoms. The molecular formula is C16H25N3O2. The lowest BCUT2D eigenvalue weighted by Crippen LogP contribution is -2.37. The number of hydrogen-bond acceptors (Lipinski definition) is 4. The maximum atomic E-state index is 12.0. The quantitative estimate of drug-likeness (QED) is 0.820. The van der Waals surface area contributed by atoms with Crippen molar-refractivity contribution in [3.8, 4) is 5.75 Å². The molecule has 1 aliphatic rings. The van der Waals surface area contributed by atoms with Crippen LogP contribution in [0.15, 0.2) is 24.3 Å². The molecular weight excluding hydrogens is 266 g/mol. The van der Waals surface area contributed by atoms with E-state index in [2.05, 4.69) is 10.2 Å². The van der Waals surface area contributed by atoms with Gasteiger partial charge in [0, 0.05) is 19.1 Å². The third kappa shape index (κ3) is 4.72. The first-order chi connectivity index (χ1) is 10.1. The number of amides is 1. The molecule has 116 valence electrons. The average Bonchev–Trinajstić information content (AvgIpc) is 2.94. The number of methoxy groups -OCH3 is 1. The zero-order chi connectivity index (χ0) is 15.2. The topological polar surface area (TPSA) is 67.6 Å². The van der Waals surface area contributed by atoms with Crippen molar-refractivity contribution in [3.63, 3.8) is 0 Å². The monoisotopic (exact) mass is 291 g/mol. The summed E-state index contributed by atoms with van der Waals surface area (Å²) in [4.78, 5) is 14.2. The molecule has 1 fully saturated rings. The van der Waals surface area contributed by atoms with E-state index in [9.17, 15) is 4.79 Å². The number of likely N-dealkylation sites (tertiary alicyclic amines) is 1. The normalized spacial score (nSPS) is 20.2. The van der Waals surface area contributed by atoms with Gasteiger partial charge in [0.1, 0.15) is 5.75 Å². The van der Waals surface area contributed by atoms with E-state index in [-0.39, 0.29) is 11.9 Å².